The average Bonchev–Trinajstić information content (AvgIpc) is 3.27. The van der Waals surface area contributed by atoms with Crippen molar-refractivity contribution in [3.8, 4) is 0 Å². The summed E-state index contributed by atoms with van der Waals surface area (Å²) in [6.07, 6.45) is 0.995. The lowest BCUT2D eigenvalue weighted by Gasteiger charge is -2.21. The van der Waals surface area contributed by atoms with Crippen molar-refractivity contribution in [1.82, 2.24) is 4.90 Å². The van der Waals surface area contributed by atoms with Crippen LogP contribution in [0, 0.1) is 0 Å². The summed E-state index contributed by atoms with van der Waals surface area (Å²) in [5, 5.41) is 8.50. The highest BCUT2D eigenvalue weighted by atomic mass is 35.5. The molecule has 0 radical (unpaired) electrons. The van der Waals surface area contributed by atoms with Crippen molar-refractivity contribution >= 4 is 76.0 Å². The quantitative estimate of drug-likeness (QED) is 0.554. The van der Waals surface area contributed by atoms with Crippen LogP contribution in [-0.2, 0) is 13.0 Å². The van der Waals surface area contributed by atoms with Gasteiger partial charge in [-0.15, -0.1) is 24.8 Å². The van der Waals surface area contributed by atoms with Crippen LogP contribution >= 0.6 is 59.9 Å². The normalized spacial score (nSPS) is 18.8. The van der Waals surface area contributed by atoms with E-state index < -0.39 is 0 Å². The Morgan fingerprint density at radius 3 is 2.83 bits per heavy atom. The molecule has 0 amide bonds. The molecule has 2 aromatic carbocycles. The molecule has 9 heteroatoms. The van der Waals surface area contributed by atoms with Crippen molar-refractivity contribution in [3.63, 3.8) is 0 Å². The predicted octanol–water partition coefficient (Wildman–Crippen LogP) is 6.07. The molecule has 0 saturated heterocycles. The highest BCUT2D eigenvalue weighted by Gasteiger charge is 2.32. The molecule has 3 aliphatic heterocycles. The molecule has 3 aliphatic rings. The van der Waals surface area contributed by atoms with Crippen LogP contribution in [0.4, 0.5) is 5.69 Å². The fourth-order valence-corrected chi connectivity index (χ4v) is 5.68. The van der Waals surface area contributed by atoms with Crippen molar-refractivity contribution in [2.75, 3.05) is 17.6 Å². The van der Waals surface area contributed by atoms with Gasteiger partial charge >= 0.3 is 0 Å². The number of rotatable bonds is 4. The minimum absolute atomic E-state index is 0. The summed E-state index contributed by atoms with van der Waals surface area (Å²) in [6.45, 7) is 1.64. The van der Waals surface area contributed by atoms with Crippen molar-refractivity contribution in [2.45, 2.75) is 19.0 Å². The molecule has 4 nitrogen and oxygen atoms in total. The lowest BCUT2D eigenvalue weighted by molar-refractivity contribution is 0.512. The second-order valence-corrected chi connectivity index (χ2v) is 9.17. The summed E-state index contributed by atoms with van der Waals surface area (Å²) < 4.78 is 0. The zero-order valence-corrected chi connectivity index (χ0v) is 20.0. The highest BCUT2D eigenvalue weighted by Crippen LogP contribution is 2.34. The van der Waals surface area contributed by atoms with E-state index in [9.17, 15) is 0 Å². The third-order valence-corrected chi connectivity index (χ3v) is 7.04. The smallest absolute Gasteiger partial charge is 0.168 e. The predicted molar refractivity (Wildman–Crippen MR) is 137 cm³/mol. The first-order chi connectivity index (χ1) is 13.7. The van der Waals surface area contributed by atoms with Crippen LogP contribution < -0.4 is 5.32 Å². The molecular weight excluding hydrogens is 479 g/mol. The van der Waals surface area contributed by atoms with Gasteiger partial charge in [0.15, 0.2) is 10.3 Å². The number of fused-ring (bicyclic) bond motifs is 2. The molecule has 1 N–H and O–H groups in total. The number of aliphatic imine (C=N–C) groups is 2. The Kier molecular flexibility index (Phi) is 8.04. The van der Waals surface area contributed by atoms with Gasteiger partial charge in [-0.05, 0) is 41.2 Å². The number of anilines is 1. The first-order valence-corrected chi connectivity index (χ1v) is 11.5. The fourth-order valence-electron chi connectivity index (χ4n) is 3.53. The van der Waals surface area contributed by atoms with Gasteiger partial charge in [-0.2, -0.15) is 0 Å². The summed E-state index contributed by atoms with van der Waals surface area (Å²) >= 11 is 9.55. The SMILES string of the molecule is Cl.Cl.Clc1ccc2c(c1)CN=C(SCC1=CSC3=NC(Cc4ccccc4)CN13)N2. The van der Waals surface area contributed by atoms with E-state index in [-0.39, 0.29) is 24.8 Å². The van der Waals surface area contributed by atoms with E-state index >= 15 is 0 Å². The largest absolute Gasteiger partial charge is 0.335 e. The number of halogens is 3. The molecule has 30 heavy (non-hydrogen) atoms. The van der Waals surface area contributed by atoms with Gasteiger partial charge in [0, 0.05) is 28.7 Å². The number of benzene rings is 2. The minimum atomic E-state index is 0. The molecule has 0 saturated carbocycles. The maximum atomic E-state index is 6.07. The molecule has 3 heterocycles. The number of amidine groups is 2. The van der Waals surface area contributed by atoms with Crippen molar-refractivity contribution < 1.29 is 0 Å². The van der Waals surface area contributed by atoms with Gasteiger partial charge in [-0.1, -0.05) is 65.5 Å². The van der Waals surface area contributed by atoms with E-state index in [1.165, 1.54) is 11.3 Å². The molecule has 0 aliphatic carbocycles. The molecule has 1 unspecified atom stereocenters. The van der Waals surface area contributed by atoms with E-state index in [1.54, 1.807) is 23.5 Å². The van der Waals surface area contributed by atoms with Crippen molar-refractivity contribution in [1.29, 1.82) is 0 Å². The number of nitrogens with one attached hydrogen (secondary N) is 1. The molecule has 0 fully saturated rings. The van der Waals surface area contributed by atoms with Crippen molar-refractivity contribution in [2.24, 2.45) is 9.98 Å². The number of hydrogen-bond donors (Lipinski definition) is 1. The molecular formula is C21H21Cl3N4S2. The third kappa shape index (κ3) is 5.11. The Labute approximate surface area is 202 Å². The van der Waals surface area contributed by atoms with Gasteiger partial charge in [0.2, 0.25) is 0 Å². The zero-order valence-electron chi connectivity index (χ0n) is 16.0. The van der Waals surface area contributed by atoms with Crippen LogP contribution in [0.3, 0.4) is 0 Å². The van der Waals surface area contributed by atoms with Crippen LogP contribution in [0.1, 0.15) is 11.1 Å². The van der Waals surface area contributed by atoms with Crippen LogP contribution in [0.2, 0.25) is 5.02 Å². The van der Waals surface area contributed by atoms with Gasteiger partial charge in [0.05, 0.1) is 12.6 Å². The van der Waals surface area contributed by atoms with Gasteiger partial charge in [0.25, 0.3) is 0 Å². The fraction of sp³-hybridized carbons (Fsp3) is 0.238. The third-order valence-electron chi connectivity index (χ3n) is 4.94. The van der Waals surface area contributed by atoms with Crippen LogP contribution in [0.5, 0.6) is 0 Å². The first-order valence-electron chi connectivity index (χ1n) is 9.22. The first kappa shape index (κ1) is 23.4. The summed E-state index contributed by atoms with van der Waals surface area (Å²) in [6, 6.07) is 16.9. The summed E-state index contributed by atoms with van der Waals surface area (Å²) in [4.78, 5) is 11.9. The van der Waals surface area contributed by atoms with Crippen LogP contribution in [-0.4, -0.2) is 33.6 Å². The Balaban J connectivity index is 0.00000128. The highest BCUT2D eigenvalue weighted by molar-refractivity contribution is 8.17. The topological polar surface area (TPSA) is 40.0 Å². The van der Waals surface area contributed by atoms with Crippen molar-refractivity contribution in [3.05, 3.63) is 75.8 Å². The Morgan fingerprint density at radius 1 is 1.17 bits per heavy atom. The van der Waals surface area contributed by atoms with Gasteiger partial charge in [0.1, 0.15) is 0 Å². The van der Waals surface area contributed by atoms with Crippen LogP contribution in [0.25, 0.3) is 0 Å². The molecule has 0 spiro atoms. The van der Waals surface area contributed by atoms with Crippen LogP contribution in [0.15, 0.2) is 69.6 Å². The molecule has 2 aromatic rings. The summed E-state index contributed by atoms with van der Waals surface area (Å²) in [7, 11) is 0. The molecule has 158 valence electrons. The van der Waals surface area contributed by atoms with E-state index in [2.05, 4.69) is 50.9 Å². The average molecular weight is 500 g/mol. The van der Waals surface area contributed by atoms with E-state index in [0.717, 1.165) is 45.3 Å². The standard InChI is InChI=1S/C21H19ClN4S2.2ClH/c22-16-6-7-19-15(9-16)10-23-20(25-19)27-12-18-13-28-21-24-17(11-26(18)21)8-14-4-2-1-3-5-14;;/h1-7,9,13,17H,8,10-12H2,(H,23,25);2*1H. The second kappa shape index (κ2) is 10.3. The molecule has 1 atom stereocenters. The second-order valence-electron chi connectivity index (χ2n) is 6.93. The van der Waals surface area contributed by atoms with E-state index in [1.807, 2.05) is 18.2 Å². The molecule has 0 aromatic heterocycles. The molecule has 5 rings (SSSR count). The van der Waals surface area contributed by atoms with Gasteiger partial charge in [-0.25, -0.2) is 0 Å². The Hall–Kier alpha value is -1.31. The maximum Gasteiger partial charge on any atom is 0.168 e. The lowest BCUT2D eigenvalue weighted by Crippen LogP contribution is -2.26. The minimum Gasteiger partial charge on any atom is -0.335 e. The Bertz CT molecular complexity index is 995. The summed E-state index contributed by atoms with van der Waals surface area (Å²) in [5.41, 5.74) is 4.91. The van der Waals surface area contributed by atoms with E-state index in [0.29, 0.717) is 12.6 Å². The number of nitrogens with zero attached hydrogens (tertiary/aromatic N) is 3. The van der Waals surface area contributed by atoms with Gasteiger partial charge in [-0.3, -0.25) is 9.98 Å². The molecule has 0 bridgehead atoms. The monoisotopic (exact) mass is 498 g/mol. The van der Waals surface area contributed by atoms with E-state index in [4.69, 9.17) is 16.6 Å². The Morgan fingerprint density at radius 2 is 2.00 bits per heavy atom. The number of thioether (sulfide) groups is 2. The summed E-state index contributed by atoms with van der Waals surface area (Å²) in [5.74, 6) is 0.888. The zero-order chi connectivity index (χ0) is 18.9. The number of hydrogen-bond acceptors (Lipinski definition) is 6. The van der Waals surface area contributed by atoms with Gasteiger partial charge < -0.3 is 10.2 Å². The maximum absolute atomic E-state index is 6.07. The lowest BCUT2D eigenvalue weighted by atomic mass is 10.1.